The van der Waals surface area contributed by atoms with Gasteiger partial charge < -0.3 is 9.80 Å². The molecule has 0 aliphatic heterocycles. The summed E-state index contributed by atoms with van der Waals surface area (Å²) < 4.78 is 0. The molecule has 0 fully saturated rings. The van der Waals surface area contributed by atoms with Gasteiger partial charge in [-0.15, -0.1) is 0 Å². The largest absolute Gasteiger partial charge is 0.360 e. The van der Waals surface area contributed by atoms with Crippen LogP contribution < -0.4 is 9.80 Å². The summed E-state index contributed by atoms with van der Waals surface area (Å²) in [5.41, 5.74) is 2.31. The minimum absolute atomic E-state index is 0.723. The summed E-state index contributed by atoms with van der Waals surface area (Å²) in [6.07, 6.45) is 4.18. The zero-order valence-electron chi connectivity index (χ0n) is 15.5. The van der Waals surface area contributed by atoms with Crippen molar-refractivity contribution in [2.45, 2.75) is 26.3 Å². The second kappa shape index (κ2) is 8.99. The molecule has 0 saturated carbocycles. The van der Waals surface area contributed by atoms with Gasteiger partial charge in [-0.3, -0.25) is 0 Å². The van der Waals surface area contributed by atoms with E-state index in [9.17, 15) is 0 Å². The summed E-state index contributed by atoms with van der Waals surface area (Å²) in [7, 11) is 2.09. The van der Waals surface area contributed by atoms with Crippen molar-refractivity contribution in [1.82, 2.24) is 9.97 Å². The van der Waals surface area contributed by atoms with Crippen LogP contribution >= 0.6 is 0 Å². The Labute approximate surface area is 156 Å². The maximum atomic E-state index is 4.84. The summed E-state index contributed by atoms with van der Waals surface area (Å²) in [6, 6.07) is 22.7. The number of unbranched alkanes of at least 4 members (excludes halogenated alkanes) is 1. The number of hydrogen-bond donors (Lipinski definition) is 0. The Morgan fingerprint density at radius 1 is 0.885 bits per heavy atom. The standard InChI is InChI=1S/C22H26N4/c1-3-4-17-25(2)21-15-16-23-22(24-21)26(20-13-9-6-10-14-20)18-19-11-7-5-8-12-19/h5-16H,3-4,17-18H2,1-2H3. The predicted molar refractivity (Wildman–Crippen MR) is 109 cm³/mol. The average Bonchev–Trinajstić information content (AvgIpc) is 2.71. The van der Waals surface area contributed by atoms with Gasteiger partial charge in [0.1, 0.15) is 5.82 Å². The van der Waals surface area contributed by atoms with Crippen molar-refractivity contribution >= 4 is 17.5 Å². The van der Waals surface area contributed by atoms with E-state index in [1.165, 1.54) is 12.0 Å². The first-order valence-electron chi connectivity index (χ1n) is 9.18. The SMILES string of the molecule is CCCCN(C)c1ccnc(N(Cc2ccccc2)c2ccccc2)n1. The van der Waals surface area contributed by atoms with Gasteiger partial charge >= 0.3 is 0 Å². The van der Waals surface area contributed by atoms with Crippen LogP contribution in [0, 0.1) is 0 Å². The number of anilines is 3. The molecule has 0 saturated heterocycles. The fourth-order valence-electron chi connectivity index (χ4n) is 2.84. The molecule has 26 heavy (non-hydrogen) atoms. The summed E-state index contributed by atoms with van der Waals surface area (Å²) in [5.74, 6) is 1.68. The molecule has 0 unspecified atom stereocenters. The Balaban J connectivity index is 1.91. The van der Waals surface area contributed by atoms with Crippen molar-refractivity contribution in [1.29, 1.82) is 0 Å². The number of rotatable bonds is 8. The van der Waals surface area contributed by atoms with E-state index in [0.29, 0.717) is 0 Å². The van der Waals surface area contributed by atoms with Crippen LogP contribution in [0.2, 0.25) is 0 Å². The molecular formula is C22H26N4. The van der Waals surface area contributed by atoms with Crippen LogP contribution in [0.25, 0.3) is 0 Å². The molecule has 0 amide bonds. The van der Waals surface area contributed by atoms with Crippen LogP contribution in [0.3, 0.4) is 0 Å². The molecule has 4 heteroatoms. The first-order valence-corrected chi connectivity index (χ1v) is 9.18. The number of benzene rings is 2. The molecule has 134 valence electrons. The predicted octanol–water partition coefficient (Wildman–Crippen LogP) is 5.05. The zero-order valence-corrected chi connectivity index (χ0v) is 15.5. The molecule has 0 radical (unpaired) electrons. The molecule has 4 nitrogen and oxygen atoms in total. The second-order valence-corrected chi connectivity index (χ2v) is 6.40. The smallest absolute Gasteiger partial charge is 0.232 e. The fourth-order valence-corrected chi connectivity index (χ4v) is 2.84. The highest BCUT2D eigenvalue weighted by molar-refractivity contribution is 5.58. The van der Waals surface area contributed by atoms with Gasteiger partial charge in [0, 0.05) is 25.5 Å². The lowest BCUT2D eigenvalue weighted by molar-refractivity contribution is 0.756. The van der Waals surface area contributed by atoms with Crippen LogP contribution in [0.1, 0.15) is 25.3 Å². The van der Waals surface area contributed by atoms with Crippen LogP contribution in [0.15, 0.2) is 72.9 Å². The first kappa shape index (κ1) is 17.9. The van der Waals surface area contributed by atoms with Gasteiger partial charge in [0.05, 0.1) is 6.54 Å². The lowest BCUT2D eigenvalue weighted by atomic mass is 10.2. The van der Waals surface area contributed by atoms with E-state index in [4.69, 9.17) is 4.98 Å². The Bertz CT molecular complexity index is 790. The average molecular weight is 346 g/mol. The molecule has 1 heterocycles. The molecule has 0 N–H and O–H groups in total. The summed E-state index contributed by atoms with van der Waals surface area (Å²) in [6.45, 7) is 3.93. The second-order valence-electron chi connectivity index (χ2n) is 6.40. The third-order valence-corrected chi connectivity index (χ3v) is 4.36. The molecule has 3 aromatic rings. The molecule has 0 bridgehead atoms. The Morgan fingerprint density at radius 3 is 2.27 bits per heavy atom. The highest BCUT2D eigenvalue weighted by atomic mass is 15.3. The van der Waals surface area contributed by atoms with E-state index in [1.54, 1.807) is 0 Å². The topological polar surface area (TPSA) is 32.3 Å². The van der Waals surface area contributed by atoms with E-state index in [0.717, 1.165) is 37.0 Å². The van der Waals surface area contributed by atoms with Gasteiger partial charge in [0.2, 0.25) is 5.95 Å². The van der Waals surface area contributed by atoms with Gasteiger partial charge in [-0.25, -0.2) is 4.98 Å². The van der Waals surface area contributed by atoms with Crippen LogP contribution in [0.4, 0.5) is 17.5 Å². The van der Waals surface area contributed by atoms with Crippen LogP contribution in [0.5, 0.6) is 0 Å². The van der Waals surface area contributed by atoms with Crippen LogP contribution in [-0.4, -0.2) is 23.6 Å². The lowest BCUT2D eigenvalue weighted by Gasteiger charge is -2.25. The maximum absolute atomic E-state index is 4.84. The Kier molecular flexibility index (Phi) is 6.20. The summed E-state index contributed by atoms with van der Waals surface area (Å²) in [5, 5.41) is 0. The molecule has 0 aliphatic rings. The van der Waals surface area contributed by atoms with E-state index in [-0.39, 0.29) is 0 Å². The molecule has 0 aliphatic carbocycles. The van der Waals surface area contributed by atoms with Gasteiger partial charge in [0.15, 0.2) is 0 Å². The van der Waals surface area contributed by atoms with Crippen molar-refractivity contribution in [2.24, 2.45) is 0 Å². The third-order valence-electron chi connectivity index (χ3n) is 4.36. The zero-order chi connectivity index (χ0) is 18.2. The summed E-state index contributed by atoms with van der Waals surface area (Å²) >= 11 is 0. The van der Waals surface area contributed by atoms with E-state index in [2.05, 4.69) is 65.2 Å². The Hall–Kier alpha value is -2.88. The minimum atomic E-state index is 0.723. The third kappa shape index (κ3) is 4.60. The van der Waals surface area contributed by atoms with Gasteiger partial charge in [-0.2, -0.15) is 4.98 Å². The molecular weight excluding hydrogens is 320 g/mol. The van der Waals surface area contributed by atoms with Gasteiger partial charge in [-0.1, -0.05) is 61.9 Å². The fraction of sp³-hybridized carbons (Fsp3) is 0.273. The van der Waals surface area contributed by atoms with E-state index < -0.39 is 0 Å². The number of nitrogens with zero attached hydrogens (tertiary/aromatic N) is 4. The van der Waals surface area contributed by atoms with Gasteiger partial charge in [-0.05, 0) is 30.2 Å². The molecule has 2 aromatic carbocycles. The van der Waals surface area contributed by atoms with Crippen molar-refractivity contribution in [3.8, 4) is 0 Å². The molecule has 0 atom stereocenters. The number of hydrogen-bond acceptors (Lipinski definition) is 4. The summed E-state index contributed by atoms with van der Waals surface area (Å²) in [4.78, 5) is 13.8. The van der Waals surface area contributed by atoms with E-state index in [1.807, 2.05) is 36.5 Å². The highest BCUT2D eigenvalue weighted by Gasteiger charge is 2.14. The van der Waals surface area contributed by atoms with Crippen LogP contribution in [-0.2, 0) is 6.54 Å². The van der Waals surface area contributed by atoms with Crippen molar-refractivity contribution in [2.75, 3.05) is 23.4 Å². The maximum Gasteiger partial charge on any atom is 0.232 e. The first-order chi connectivity index (χ1) is 12.8. The molecule has 3 rings (SSSR count). The molecule has 0 spiro atoms. The lowest BCUT2D eigenvalue weighted by Crippen LogP contribution is -2.23. The van der Waals surface area contributed by atoms with E-state index >= 15 is 0 Å². The van der Waals surface area contributed by atoms with Crippen molar-refractivity contribution < 1.29 is 0 Å². The molecule has 1 aromatic heterocycles. The minimum Gasteiger partial charge on any atom is -0.360 e. The Morgan fingerprint density at radius 2 is 1.58 bits per heavy atom. The van der Waals surface area contributed by atoms with Crippen molar-refractivity contribution in [3.63, 3.8) is 0 Å². The number of para-hydroxylation sites is 1. The number of aromatic nitrogens is 2. The highest BCUT2D eigenvalue weighted by Crippen LogP contribution is 2.25. The van der Waals surface area contributed by atoms with Gasteiger partial charge in [0.25, 0.3) is 0 Å². The quantitative estimate of drug-likeness (QED) is 0.571. The monoisotopic (exact) mass is 346 g/mol. The normalized spacial score (nSPS) is 10.5. The van der Waals surface area contributed by atoms with Crippen molar-refractivity contribution in [3.05, 3.63) is 78.5 Å².